The number of hydrogen-bond donors (Lipinski definition) is 0. The van der Waals surface area contributed by atoms with Gasteiger partial charge in [0.2, 0.25) is 10.0 Å². The van der Waals surface area contributed by atoms with Crippen LogP contribution in [0.15, 0.2) is 24.5 Å². The number of piperidine rings is 1. The third-order valence-electron chi connectivity index (χ3n) is 4.80. The van der Waals surface area contributed by atoms with E-state index in [1.807, 2.05) is 12.1 Å². The van der Waals surface area contributed by atoms with Crippen LogP contribution in [0.5, 0.6) is 0 Å². The van der Waals surface area contributed by atoms with Crippen molar-refractivity contribution >= 4 is 10.0 Å². The molecule has 23 heavy (non-hydrogen) atoms. The zero-order chi connectivity index (χ0) is 16.3. The molecule has 0 unspecified atom stereocenters. The van der Waals surface area contributed by atoms with Crippen molar-refractivity contribution in [3.63, 3.8) is 0 Å². The van der Waals surface area contributed by atoms with Gasteiger partial charge in [0.25, 0.3) is 0 Å². The van der Waals surface area contributed by atoms with Crippen molar-refractivity contribution in [3.05, 3.63) is 30.1 Å². The molecule has 0 aliphatic carbocycles. The Bertz CT molecular complexity index is 612. The van der Waals surface area contributed by atoms with Crippen LogP contribution < -0.4 is 0 Å². The van der Waals surface area contributed by atoms with Gasteiger partial charge >= 0.3 is 0 Å². The van der Waals surface area contributed by atoms with Gasteiger partial charge in [0.05, 0.1) is 30.7 Å². The molecule has 128 valence electrons. The summed E-state index contributed by atoms with van der Waals surface area (Å²) in [7, 11) is -3.09. The van der Waals surface area contributed by atoms with Crippen LogP contribution in [0, 0.1) is 0 Å². The summed E-state index contributed by atoms with van der Waals surface area (Å²) in [6, 6.07) is 3.89. The number of hydrogen-bond acceptors (Lipinski definition) is 5. The molecule has 7 heteroatoms. The topological polar surface area (TPSA) is 68.7 Å². The number of aromatic nitrogens is 1. The molecule has 0 saturated carbocycles. The minimum absolute atomic E-state index is 0.0810. The average molecular weight is 340 g/mol. The molecule has 2 aliphatic heterocycles. The lowest BCUT2D eigenvalue weighted by Crippen LogP contribution is -2.47. The van der Waals surface area contributed by atoms with Gasteiger partial charge < -0.3 is 9.47 Å². The molecule has 0 bridgehead atoms. The van der Waals surface area contributed by atoms with Gasteiger partial charge in [-0.3, -0.25) is 4.98 Å². The summed E-state index contributed by atoms with van der Waals surface area (Å²) in [6.07, 6.45) is 5.95. The fourth-order valence-corrected chi connectivity index (χ4v) is 4.41. The predicted molar refractivity (Wildman–Crippen MR) is 86.4 cm³/mol. The maximum Gasteiger partial charge on any atom is 0.213 e. The lowest BCUT2D eigenvalue weighted by molar-refractivity contribution is -0.0343. The standard InChI is InChI=1S/C16H24N2O4S/c1-2-23(19,20)18-9-5-16(6-10-18)11-15(13-22-16)21-12-14-3-7-17-8-4-14/h3-4,7-8,15H,2,5-6,9-13H2,1H3/t15-/m0/s1. The second kappa shape index (κ2) is 6.84. The zero-order valence-electron chi connectivity index (χ0n) is 13.5. The Hall–Kier alpha value is -1.02. The molecule has 1 spiro atoms. The zero-order valence-corrected chi connectivity index (χ0v) is 14.3. The summed E-state index contributed by atoms with van der Waals surface area (Å²) in [4.78, 5) is 3.99. The third kappa shape index (κ3) is 3.91. The Balaban J connectivity index is 1.50. The highest BCUT2D eigenvalue weighted by molar-refractivity contribution is 7.89. The lowest BCUT2D eigenvalue weighted by Gasteiger charge is -2.37. The van der Waals surface area contributed by atoms with E-state index < -0.39 is 10.0 Å². The molecule has 2 aliphatic rings. The Morgan fingerprint density at radius 3 is 2.70 bits per heavy atom. The molecule has 0 radical (unpaired) electrons. The van der Waals surface area contributed by atoms with Gasteiger partial charge in [-0.2, -0.15) is 0 Å². The maximum absolute atomic E-state index is 11.9. The smallest absolute Gasteiger partial charge is 0.213 e. The average Bonchev–Trinajstić information content (AvgIpc) is 2.97. The number of sulfonamides is 1. The largest absolute Gasteiger partial charge is 0.372 e. The first-order chi connectivity index (χ1) is 11.0. The third-order valence-corrected chi connectivity index (χ3v) is 6.68. The van der Waals surface area contributed by atoms with Crippen molar-refractivity contribution in [2.75, 3.05) is 25.4 Å². The van der Waals surface area contributed by atoms with Gasteiger partial charge in [-0.1, -0.05) is 0 Å². The van der Waals surface area contributed by atoms with Gasteiger partial charge in [0.1, 0.15) is 0 Å². The minimum Gasteiger partial charge on any atom is -0.372 e. The number of pyridine rings is 1. The highest BCUT2D eigenvalue weighted by Gasteiger charge is 2.44. The van der Waals surface area contributed by atoms with E-state index in [0.717, 1.165) is 24.8 Å². The second-order valence-electron chi connectivity index (χ2n) is 6.29. The normalized spacial score (nSPS) is 25.0. The monoisotopic (exact) mass is 340 g/mol. The molecule has 0 aromatic carbocycles. The molecular weight excluding hydrogens is 316 g/mol. The Labute approximate surface area is 137 Å². The SMILES string of the molecule is CCS(=O)(=O)N1CCC2(CC1)C[C@H](OCc1ccncc1)CO2. The van der Waals surface area contributed by atoms with Gasteiger partial charge in [-0.15, -0.1) is 0 Å². The van der Waals surface area contributed by atoms with Crippen LogP contribution in [0.1, 0.15) is 31.7 Å². The number of ether oxygens (including phenoxy) is 2. The Kier molecular flexibility index (Phi) is 5.01. The van der Waals surface area contributed by atoms with Crippen LogP contribution in [-0.4, -0.2) is 54.9 Å². The Morgan fingerprint density at radius 1 is 1.35 bits per heavy atom. The highest BCUT2D eigenvalue weighted by atomic mass is 32.2. The molecule has 2 saturated heterocycles. The van der Waals surface area contributed by atoms with Gasteiger partial charge in [-0.25, -0.2) is 12.7 Å². The molecule has 0 N–H and O–H groups in total. The van der Waals surface area contributed by atoms with Gasteiger partial charge in [0, 0.05) is 31.9 Å². The molecule has 3 rings (SSSR count). The number of nitrogens with zero attached hydrogens (tertiary/aromatic N) is 2. The van der Waals surface area contributed by atoms with E-state index in [-0.39, 0.29) is 17.5 Å². The summed E-state index contributed by atoms with van der Waals surface area (Å²) in [5.41, 5.74) is 0.896. The summed E-state index contributed by atoms with van der Waals surface area (Å²) < 4.78 is 37.4. The summed E-state index contributed by atoms with van der Waals surface area (Å²) in [5, 5.41) is 0. The van der Waals surface area contributed by atoms with Gasteiger partial charge in [0.15, 0.2) is 0 Å². The van der Waals surface area contributed by atoms with E-state index in [1.54, 1.807) is 23.6 Å². The minimum atomic E-state index is -3.09. The first-order valence-corrected chi connectivity index (χ1v) is 9.76. The van der Waals surface area contributed by atoms with Crippen LogP contribution in [0.4, 0.5) is 0 Å². The van der Waals surface area contributed by atoms with Crippen LogP contribution in [0.2, 0.25) is 0 Å². The van der Waals surface area contributed by atoms with E-state index in [1.165, 1.54) is 0 Å². The van der Waals surface area contributed by atoms with Crippen molar-refractivity contribution in [1.82, 2.24) is 9.29 Å². The number of rotatable bonds is 5. The van der Waals surface area contributed by atoms with Crippen molar-refractivity contribution in [3.8, 4) is 0 Å². The van der Waals surface area contributed by atoms with Crippen LogP contribution in [0.3, 0.4) is 0 Å². The van der Waals surface area contributed by atoms with E-state index >= 15 is 0 Å². The molecule has 1 aromatic heterocycles. The van der Waals surface area contributed by atoms with Crippen molar-refractivity contribution < 1.29 is 17.9 Å². The molecule has 6 nitrogen and oxygen atoms in total. The Morgan fingerprint density at radius 2 is 2.04 bits per heavy atom. The summed E-state index contributed by atoms with van der Waals surface area (Å²) in [5.74, 6) is 0.165. The fraction of sp³-hybridized carbons (Fsp3) is 0.688. The highest BCUT2D eigenvalue weighted by Crippen LogP contribution is 2.37. The van der Waals surface area contributed by atoms with E-state index in [4.69, 9.17) is 9.47 Å². The summed E-state index contributed by atoms with van der Waals surface area (Å²) >= 11 is 0. The molecular formula is C16H24N2O4S. The predicted octanol–water partition coefficient (Wildman–Crippen LogP) is 1.57. The maximum atomic E-state index is 11.9. The van der Waals surface area contributed by atoms with Crippen molar-refractivity contribution in [2.45, 2.75) is 44.5 Å². The molecule has 2 fully saturated rings. The van der Waals surface area contributed by atoms with E-state index in [2.05, 4.69) is 4.98 Å². The van der Waals surface area contributed by atoms with Crippen molar-refractivity contribution in [1.29, 1.82) is 0 Å². The first-order valence-electron chi connectivity index (χ1n) is 8.15. The molecule has 1 atom stereocenters. The quantitative estimate of drug-likeness (QED) is 0.814. The van der Waals surface area contributed by atoms with Crippen LogP contribution >= 0.6 is 0 Å². The fourth-order valence-electron chi connectivity index (χ4n) is 3.31. The second-order valence-corrected chi connectivity index (χ2v) is 8.54. The van der Waals surface area contributed by atoms with Crippen LogP contribution in [-0.2, 0) is 26.1 Å². The van der Waals surface area contributed by atoms with Crippen LogP contribution in [0.25, 0.3) is 0 Å². The van der Waals surface area contributed by atoms with E-state index in [9.17, 15) is 8.42 Å². The van der Waals surface area contributed by atoms with Gasteiger partial charge in [-0.05, 0) is 37.5 Å². The molecule has 0 amide bonds. The first kappa shape index (κ1) is 16.8. The summed E-state index contributed by atoms with van der Waals surface area (Å²) in [6.45, 7) is 3.93. The van der Waals surface area contributed by atoms with E-state index in [0.29, 0.717) is 26.3 Å². The lowest BCUT2D eigenvalue weighted by atomic mass is 9.89. The molecule has 1 aromatic rings. The van der Waals surface area contributed by atoms with Crippen molar-refractivity contribution in [2.24, 2.45) is 0 Å². The molecule has 3 heterocycles.